The lowest BCUT2D eigenvalue weighted by Crippen LogP contribution is -2.39. The maximum Gasteiger partial charge on any atom is 0.340 e. The normalized spacial score (nSPS) is 11.5. The predicted molar refractivity (Wildman–Crippen MR) is 111 cm³/mol. The molecule has 6 heteroatoms. The van der Waals surface area contributed by atoms with E-state index in [2.05, 4.69) is 4.98 Å². The van der Waals surface area contributed by atoms with Crippen LogP contribution in [0.5, 0.6) is 0 Å². The Bertz CT molecular complexity index is 905. The van der Waals surface area contributed by atoms with E-state index in [1.165, 1.54) is 18.3 Å². The van der Waals surface area contributed by atoms with Gasteiger partial charge < -0.3 is 9.64 Å². The van der Waals surface area contributed by atoms with E-state index in [0.717, 1.165) is 11.1 Å². The molecule has 29 heavy (non-hydrogen) atoms. The average molecular weight is 409 g/mol. The number of esters is 1. The van der Waals surface area contributed by atoms with Crippen LogP contribution in [-0.4, -0.2) is 27.9 Å². The first kappa shape index (κ1) is 20.6. The first-order valence-electron chi connectivity index (χ1n) is 9.22. The number of aromatic nitrogens is 1. The average Bonchev–Trinajstić information content (AvgIpc) is 2.74. The lowest BCUT2D eigenvalue weighted by molar-refractivity contribution is -0.141. The zero-order chi connectivity index (χ0) is 20.6. The number of halogens is 1. The fraction of sp³-hybridized carbons (Fsp3) is 0.174. The highest BCUT2D eigenvalue weighted by atomic mass is 35.5. The van der Waals surface area contributed by atoms with Crippen LogP contribution >= 0.6 is 11.6 Å². The Morgan fingerprint density at radius 2 is 1.48 bits per heavy atom. The fourth-order valence-electron chi connectivity index (χ4n) is 2.85. The molecule has 3 rings (SSSR count). The summed E-state index contributed by atoms with van der Waals surface area (Å²) in [6.45, 7) is 2.41. The van der Waals surface area contributed by atoms with Crippen molar-refractivity contribution in [2.45, 2.75) is 26.1 Å². The predicted octanol–water partition coefficient (Wildman–Crippen LogP) is 4.51. The van der Waals surface area contributed by atoms with E-state index in [1.807, 2.05) is 60.7 Å². The smallest absolute Gasteiger partial charge is 0.340 e. The van der Waals surface area contributed by atoms with Gasteiger partial charge in [0.05, 0.1) is 5.56 Å². The summed E-state index contributed by atoms with van der Waals surface area (Å²) in [6, 6.07) is 22.4. The molecular weight excluding hydrogens is 388 g/mol. The van der Waals surface area contributed by atoms with Gasteiger partial charge in [0, 0.05) is 19.3 Å². The first-order chi connectivity index (χ1) is 14.0. The van der Waals surface area contributed by atoms with Gasteiger partial charge >= 0.3 is 5.97 Å². The Balaban J connectivity index is 1.73. The second kappa shape index (κ2) is 9.85. The van der Waals surface area contributed by atoms with Crippen LogP contribution in [0.1, 0.15) is 28.4 Å². The van der Waals surface area contributed by atoms with E-state index < -0.39 is 12.1 Å². The third-order valence-corrected chi connectivity index (χ3v) is 4.56. The van der Waals surface area contributed by atoms with Gasteiger partial charge in [0.1, 0.15) is 5.15 Å². The van der Waals surface area contributed by atoms with Crippen LogP contribution in [0.3, 0.4) is 0 Å². The van der Waals surface area contributed by atoms with Crippen LogP contribution in [0.2, 0.25) is 5.15 Å². The quantitative estimate of drug-likeness (QED) is 0.426. The van der Waals surface area contributed by atoms with Gasteiger partial charge in [0.15, 0.2) is 6.10 Å². The zero-order valence-electron chi connectivity index (χ0n) is 16.0. The number of rotatable bonds is 7. The van der Waals surface area contributed by atoms with E-state index in [-0.39, 0.29) is 16.6 Å². The molecule has 0 bridgehead atoms. The minimum absolute atomic E-state index is 0.242. The molecule has 0 aliphatic heterocycles. The molecule has 0 radical (unpaired) electrons. The lowest BCUT2D eigenvalue weighted by Gasteiger charge is -2.26. The van der Waals surface area contributed by atoms with Crippen LogP contribution < -0.4 is 0 Å². The minimum Gasteiger partial charge on any atom is -0.449 e. The highest BCUT2D eigenvalue weighted by Crippen LogP contribution is 2.14. The molecule has 0 saturated heterocycles. The van der Waals surface area contributed by atoms with E-state index in [1.54, 1.807) is 11.8 Å². The summed E-state index contributed by atoms with van der Waals surface area (Å²) in [5.74, 6) is -0.887. The van der Waals surface area contributed by atoms with Crippen LogP contribution in [-0.2, 0) is 22.6 Å². The number of carbonyl (C=O) groups excluding carboxylic acids is 2. The lowest BCUT2D eigenvalue weighted by atomic mass is 10.1. The molecule has 0 N–H and O–H groups in total. The van der Waals surface area contributed by atoms with Gasteiger partial charge in [-0.05, 0) is 30.2 Å². The highest BCUT2D eigenvalue weighted by molar-refractivity contribution is 6.29. The second-order valence-corrected chi connectivity index (χ2v) is 6.97. The van der Waals surface area contributed by atoms with Gasteiger partial charge in [0.2, 0.25) is 0 Å². The molecule has 0 aliphatic carbocycles. The Hall–Kier alpha value is -3.18. The molecule has 0 saturated carbocycles. The summed E-state index contributed by atoms with van der Waals surface area (Å²) in [5.41, 5.74) is 2.24. The minimum atomic E-state index is -0.939. The Morgan fingerprint density at radius 3 is 1.97 bits per heavy atom. The molecule has 3 aromatic rings. The standard InChI is InChI=1S/C23H21ClN2O3/c1-17(29-23(28)20-12-13-21(24)25-14-20)22(27)26(15-18-8-4-2-5-9-18)16-19-10-6-3-7-11-19/h2-14,17H,15-16H2,1H3. The van der Waals surface area contributed by atoms with Crippen molar-refractivity contribution >= 4 is 23.5 Å². The van der Waals surface area contributed by atoms with Gasteiger partial charge in [-0.3, -0.25) is 4.79 Å². The molecule has 1 heterocycles. The molecule has 0 fully saturated rings. The number of benzene rings is 2. The number of carbonyl (C=O) groups is 2. The van der Waals surface area contributed by atoms with Crippen LogP contribution in [0, 0.1) is 0 Å². The summed E-state index contributed by atoms with van der Waals surface area (Å²) in [6.07, 6.45) is 0.388. The topological polar surface area (TPSA) is 59.5 Å². The van der Waals surface area contributed by atoms with E-state index in [0.29, 0.717) is 13.1 Å². The molecule has 0 aliphatic rings. The van der Waals surface area contributed by atoms with Crippen molar-refractivity contribution < 1.29 is 14.3 Å². The molecule has 2 aromatic carbocycles. The summed E-state index contributed by atoms with van der Waals surface area (Å²) in [4.78, 5) is 31.0. The van der Waals surface area contributed by atoms with Gasteiger partial charge in [-0.15, -0.1) is 0 Å². The third kappa shape index (κ3) is 5.90. The van der Waals surface area contributed by atoms with Crippen LogP contribution in [0.25, 0.3) is 0 Å². The van der Waals surface area contributed by atoms with Crippen molar-refractivity contribution in [2.75, 3.05) is 0 Å². The van der Waals surface area contributed by atoms with Gasteiger partial charge in [-0.25, -0.2) is 9.78 Å². The number of amides is 1. The number of hydrogen-bond acceptors (Lipinski definition) is 4. The van der Waals surface area contributed by atoms with E-state index >= 15 is 0 Å². The number of ether oxygens (including phenoxy) is 1. The molecular formula is C23H21ClN2O3. The van der Waals surface area contributed by atoms with Crippen molar-refractivity contribution in [2.24, 2.45) is 0 Å². The van der Waals surface area contributed by atoms with Crippen molar-refractivity contribution in [3.05, 3.63) is 101 Å². The number of hydrogen-bond donors (Lipinski definition) is 0. The number of nitrogens with zero attached hydrogens (tertiary/aromatic N) is 2. The molecule has 148 valence electrons. The summed E-state index contributed by atoms with van der Waals surface area (Å²) in [7, 11) is 0. The first-order valence-corrected chi connectivity index (χ1v) is 9.60. The summed E-state index contributed by atoms with van der Waals surface area (Å²) in [5, 5.41) is 0.280. The summed E-state index contributed by atoms with van der Waals surface area (Å²) < 4.78 is 5.38. The van der Waals surface area contributed by atoms with Crippen molar-refractivity contribution in [3.63, 3.8) is 0 Å². The maximum absolute atomic E-state index is 13.1. The highest BCUT2D eigenvalue weighted by Gasteiger charge is 2.25. The van der Waals surface area contributed by atoms with Crippen molar-refractivity contribution in [1.82, 2.24) is 9.88 Å². The molecule has 1 unspecified atom stereocenters. The molecule has 0 spiro atoms. The Labute approximate surface area is 174 Å². The monoisotopic (exact) mass is 408 g/mol. The Morgan fingerprint density at radius 1 is 0.931 bits per heavy atom. The molecule has 5 nitrogen and oxygen atoms in total. The van der Waals surface area contributed by atoms with Crippen LogP contribution in [0.4, 0.5) is 0 Å². The van der Waals surface area contributed by atoms with Gasteiger partial charge in [-0.1, -0.05) is 72.3 Å². The Kier molecular flexibility index (Phi) is 6.98. The molecule has 1 aromatic heterocycles. The second-order valence-electron chi connectivity index (χ2n) is 6.58. The third-order valence-electron chi connectivity index (χ3n) is 4.34. The number of pyridine rings is 1. The van der Waals surface area contributed by atoms with Crippen molar-refractivity contribution in [1.29, 1.82) is 0 Å². The molecule has 1 amide bonds. The largest absolute Gasteiger partial charge is 0.449 e. The van der Waals surface area contributed by atoms with E-state index in [9.17, 15) is 9.59 Å². The van der Waals surface area contributed by atoms with Gasteiger partial charge in [-0.2, -0.15) is 0 Å². The SMILES string of the molecule is CC(OC(=O)c1ccc(Cl)nc1)C(=O)N(Cc1ccccc1)Cc1ccccc1. The fourth-order valence-corrected chi connectivity index (χ4v) is 2.96. The maximum atomic E-state index is 13.1. The van der Waals surface area contributed by atoms with Gasteiger partial charge in [0.25, 0.3) is 5.91 Å². The summed E-state index contributed by atoms with van der Waals surface area (Å²) >= 11 is 5.74. The zero-order valence-corrected chi connectivity index (χ0v) is 16.8. The van der Waals surface area contributed by atoms with Crippen molar-refractivity contribution in [3.8, 4) is 0 Å². The van der Waals surface area contributed by atoms with Crippen LogP contribution in [0.15, 0.2) is 79.0 Å². The molecule has 1 atom stereocenters. The van der Waals surface area contributed by atoms with E-state index in [4.69, 9.17) is 16.3 Å².